The number of fused-ring (bicyclic) bond motifs is 1. The number of nitrogens with zero attached hydrogens (tertiary/aromatic N) is 1. The summed E-state index contributed by atoms with van der Waals surface area (Å²) in [6.45, 7) is 3.92. The number of nitrogens with one attached hydrogen (secondary N) is 1. The normalized spacial score (nSPS) is 13.0. The number of allylic oxidation sites excluding steroid dienone is 2. The van der Waals surface area contributed by atoms with Crippen LogP contribution in [0.5, 0.6) is 0 Å². The highest BCUT2D eigenvalue weighted by Gasteiger charge is 2.13. The highest BCUT2D eigenvalue weighted by Crippen LogP contribution is 2.29. The molecule has 0 aliphatic heterocycles. The number of aromatic nitrogens is 2. The number of hydrogen-bond acceptors (Lipinski definition) is 2. The van der Waals surface area contributed by atoms with Crippen LogP contribution in [-0.2, 0) is 6.54 Å². The van der Waals surface area contributed by atoms with E-state index in [1.807, 2.05) is 19.1 Å². The molecule has 4 nitrogen and oxygen atoms in total. The van der Waals surface area contributed by atoms with Crippen LogP contribution in [0.4, 0.5) is 4.39 Å². The maximum Gasteiger partial charge on any atom is 0.275 e. The summed E-state index contributed by atoms with van der Waals surface area (Å²) in [7, 11) is 0. The zero-order chi connectivity index (χ0) is 17.3. The SMILES string of the molecule is C/C=C/Cn1cc(-c2cc(F)cc(C(C)O)c2)c2cc[nH]c2c1=O. The maximum absolute atomic E-state index is 14.0. The molecule has 0 saturated heterocycles. The molecule has 0 bridgehead atoms. The number of hydrogen-bond donors (Lipinski definition) is 2. The van der Waals surface area contributed by atoms with Crippen molar-refractivity contribution in [3.05, 3.63) is 70.5 Å². The maximum atomic E-state index is 14.0. The Morgan fingerprint density at radius 3 is 2.88 bits per heavy atom. The number of benzene rings is 1. The van der Waals surface area contributed by atoms with Gasteiger partial charge in [-0.3, -0.25) is 4.79 Å². The minimum Gasteiger partial charge on any atom is -0.389 e. The predicted octanol–water partition coefficient (Wildman–Crippen LogP) is 3.77. The smallest absolute Gasteiger partial charge is 0.275 e. The highest BCUT2D eigenvalue weighted by atomic mass is 19.1. The van der Waals surface area contributed by atoms with Gasteiger partial charge in [0.1, 0.15) is 11.3 Å². The van der Waals surface area contributed by atoms with Crippen LogP contribution in [0.3, 0.4) is 0 Å². The summed E-state index contributed by atoms with van der Waals surface area (Å²) in [5.41, 5.74) is 2.24. The lowest BCUT2D eigenvalue weighted by Crippen LogP contribution is -2.19. The third-order valence-electron chi connectivity index (χ3n) is 4.05. The van der Waals surface area contributed by atoms with Crippen molar-refractivity contribution in [3.8, 4) is 11.1 Å². The summed E-state index contributed by atoms with van der Waals surface area (Å²) in [6, 6.07) is 6.29. The molecule has 2 N–H and O–H groups in total. The van der Waals surface area contributed by atoms with Gasteiger partial charge in [-0.2, -0.15) is 0 Å². The molecule has 0 amide bonds. The van der Waals surface area contributed by atoms with Gasteiger partial charge in [0.15, 0.2) is 0 Å². The topological polar surface area (TPSA) is 58.0 Å². The molecule has 2 heterocycles. The van der Waals surface area contributed by atoms with Gasteiger partial charge in [-0.05, 0) is 49.2 Å². The second-order valence-corrected chi connectivity index (χ2v) is 5.78. The third-order valence-corrected chi connectivity index (χ3v) is 4.05. The average molecular weight is 326 g/mol. The van der Waals surface area contributed by atoms with Gasteiger partial charge < -0.3 is 14.7 Å². The fourth-order valence-electron chi connectivity index (χ4n) is 2.79. The zero-order valence-electron chi connectivity index (χ0n) is 13.6. The molecule has 0 aliphatic carbocycles. The molecule has 0 spiro atoms. The Morgan fingerprint density at radius 2 is 2.17 bits per heavy atom. The Hall–Kier alpha value is -2.66. The first-order valence-corrected chi connectivity index (χ1v) is 7.82. The summed E-state index contributed by atoms with van der Waals surface area (Å²) >= 11 is 0. The van der Waals surface area contributed by atoms with Crippen LogP contribution in [0.2, 0.25) is 0 Å². The van der Waals surface area contributed by atoms with Gasteiger partial charge in [0.2, 0.25) is 0 Å². The van der Waals surface area contributed by atoms with Crippen molar-refractivity contribution in [1.29, 1.82) is 0 Å². The number of rotatable bonds is 4. The summed E-state index contributed by atoms with van der Waals surface area (Å²) < 4.78 is 15.6. The number of aliphatic hydroxyl groups excluding tert-OH is 1. The number of halogens is 1. The van der Waals surface area contributed by atoms with Crippen molar-refractivity contribution in [3.63, 3.8) is 0 Å². The third kappa shape index (κ3) is 2.90. The fourth-order valence-corrected chi connectivity index (χ4v) is 2.79. The Morgan fingerprint density at radius 1 is 1.38 bits per heavy atom. The Balaban J connectivity index is 2.28. The van der Waals surface area contributed by atoms with Crippen LogP contribution in [-0.4, -0.2) is 14.7 Å². The molecular weight excluding hydrogens is 307 g/mol. The van der Waals surface area contributed by atoms with Crippen LogP contribution in [0.15, 0.2) is 53.6 Å². The quantitative estimate of drug-likeness (QED) is 0.717. The van der Waals surface area contributed by atoms with Gasteiger partial charge in [0.05, 0.1) is 6.10 Å². The summed E-state index contributed by atoms with van der Waals surface area (Å²) in [5, 5.41) is 10.5. The molecule has 0 aliphatic rings. The van der Waals surface area contributed by atoms with Crippen LogP contribution < -0.4 is 5.56 Å². The second-order valence-electron chi connectivity index (χ2n) is 5.78. The lowest BCUT2D eigenvalue weighted by atomic mass is 9.99. The Labute approximate surface area is 138 Å². The van der Waals surface area contributed by atoms with Crippen molar-refractivity contribution in [2.75, 3.05) is 0 Å². The minimum absolute atomic E-state index is 0.121. The van der Waals surface area contributed by atoms with Gasteiger partial charge in [-0.1, -0.05) is 12.2 Å². The van der Waals surface area contributed by atoms with Crippen molar-refractivity contribution in [1.82, 2.24) is 9.55 Å². The summed E-state index contributed by atoms with van der Waals surface area (Å²) in [4.78, 5) is 15.5. The number of aromatic amines is 1. The molecule has 1 unspecified atom stereocenters. The van der Waals surface area contributed by atoms with E-state index in [0.717, 1.165) is 10.9 Å². The van der Waals surface area contributed by atoms with Gasteiger partial charge in [-0.15, -0.1) is 0 Å². The van der Waals surface area contributed by atoms with E-state index in [2.05, 4.69) is 4.98 Å². The van der Waals surface area contributed by atoms with E-state index in [4.69, 9.17) is 0 Å². The molecule has 0 fully saturated rings. The van der Waals surface area contributed by atoms with E-state index < -0.39 is 11.9 Å². The molecule has 0 radical (unpaired) electrons. The van der Waals surface area contributed by atoms with Crippen LogP contribution in [0, 0.1) is 5.82 Å². The van der Waals surface area contributed by atoms with Crippen molar-refractivity contribution in [2.24, 2.45) is 0 Å². The second kappa shape index (κ2) is 6.45. The molecule has 3 aromatic rings. The van der Waals surface area contributed by atoms with E-state index in [1.54, 1.807) is 36.0 Å². The number of aliphatic hydroxyl groups is 1. The standard InChI is InChI=1S/C19H19FN2O2/c1-3-4-7-22-11-17(16-5-6-21-18(16)19(22)24)14-8-13(12(2)23)9-15(20)10-14/h3-6,8-12,21,23H,7H2,1-2H3/b4-3+. The molecule has 1 aromatic carbocycles. The molecule has 0 saturated carbocycles. The molecular formula is C19H19FN2O2. The van der Waals surface area contributed by atoms with E-state index in [9.17, 15) is 14.3 Å². The lowest BCUT2D eigenvalue weighted by molar-refractivity contribution is 0.199. The van der Waals surface area contributed by atoms with Gasteiger partial charge >= 0.3 is 0 Å². The largest absolute Gasteiger partial charge is 0.389 e. The summed E-state index contributed by atoms with van der Waals surface area (Å²) in [6.07, 6.45) is 6.42. The van der Waals surface area contributed by atoms with E-state index in [1.165, 1.54) is 12.1 Å². The summed E-state index contributed by atoms with van der Waals surface area (Å²) in [5.74, 6) is -0.418. The fraction of sp³-hybridized carbons (Fsp3) is 0.211. The van der Waals surface area contributed by atoms with Gasteiger partial charge in [0.25, 0.3) is 5.56 Å². The first kappa shape index (κ1) is 16.2. The van der Waals surface area contributed by atoms with Crippen LogP contribution >= 0.6 is 0 Å². The van der Waals surface area contributed by atoms with E-state index >= 15 is 0 Å². The Bertz CT molecular complexity index is 967. The van der Waals surface area contributed by atoms with Gasteiger partial charge in [-0.25, -0.2) is 4.39 Å². The monoisotopic (exact) mass is 326 g/mol. The minimum atomic E-state index is -0.768. The van der Waals surface area contributed by atoms with Crippen molar-refractivity contribution in [2.45, 2.75) is 26.5 Å². The first-order valence-electron chi connectivity index (χ1n) is 7.82. The van der Waals surface area contributed by atoms with Gasteiger partial charge in [0, 0.05) is 29.9 Å². The van der Waals surface area contributed by atoms with Crippen molar-refractivity contribution >= 4 is 10.9 Å². The molecule has 3 rings (SSSR count). The van der Waals surface area contributed by atoms with E-state index in [-0.39, 0.29) is 5.56 Å². The van der Waals surface area contributed by atoms with E-state index in [0.29, 0.717) is 23.2 Å². The average Bonchev–Trinajstić information content (AvgIpc) is 3.03. The Kier molecular flexibility index (Phi) is 4.36. The molecule has 5 heteroatoms. The number of pyridine rings is 1. The van der Waals surface area contributed by atoms with Crippen LogP contribution in [0.25, 0.3) is 22.0 Å². The number of H-pyrrole nitrogens is 1. The zero-order valence-corrected chi connectivity index (χ0v) is 13.6. The molecule has 124 valence electrons. The lowest BCUT2D eigenvalue weighted by Gasteiger charge is -2.12. The first-order chi connectivity index (χ1) is 11.5. The van der Waals surface area contributed by atoms with Crippen LogP contribution in [0.1, 0.15) is 25.5 Å². The molecule has 2 aromatic heterocycles. The molecule has 1 atom stereocenters. The molecule has 24 heavy (non-hydrogen) atoms. The van der Waals surface area contributed by atoms with Crippen molar-refractivity contribution < 1.29 is 9.50 Å². The predicted molar refractivity (Wildman–Crippen MR) is 93.4 cm³/mol. The highest BCUT2D eigenvalue weighted by molar-refractivity contribution is 5.94.